The second-order valence-electron chi connectivity index (χ2n) is 10.6. The van der Waals surface area contributed by atoms with Gasteiger partial charge in [0.1, 0.15) is 18.4 Å². The largest absolute Gasteiger partial charge is 0.492 e. The molecule has 4 aromatic rings. The highest BCUT2D eigenvalue weighted by atomic mass is 16.5. The maximum atomic E-state index is 13.2. The van der Waals surface area contributed by atoms with Gasteiger partial charge in [-0.2, -0.15) is 0 Å². The van der Waals surface area contributed by atoms with Crippen LogP contribution in [0.25, 0.3) is 0 Å². The lowest BCUT2D eigenvalue weighted by atomic mass is 10.00. The second-order valence-corrected chi connectivity index (χ2v) is 10.6. The van der Waals surface area contributed by atoms with E-state index >= 15 is 0 Å². The van der Waals surface area contributed by atoms with Gasteiger partial charge in [-0.1, -0.05) is 86.6 Å². The maximum Gasteiger partial charge on any atom is 0.328 e. The number of nitrogens with zero attached hydrogens (tertiary/aromatic N) is 1. The lowest BCUT2D eigenvalue weighted by Gasteiger charge is -2.26. The van der Waals surface area contributed by atoms with Gasteiger partial charge in [0.2, 0.25) is 5.91 Å². The zero-order valence-electron chi connectivity index (χ0n) is 25.1. The minimum atomic E-state index is -0.716. The van der Waals surface area contributed by atoms with E-state index < -0.39 is 12.0 Å². The summed E-state index contributed by atoms with van der Waals surface area (Å²) in [6.45, 7) is 6.52. The number of ketones is 1. The molecule has 0 fully saturated rings. The molecule has 4 aromatic carbocycles. The van der Waals surface area contributed by atoms with Gasteiger partial charge in [0, 0.05) is 34.8 Å². The summed E-state index contributed by atoms with van der Waals surface area (Å²) < 4.78 is 11.1. The summed E-state index contributed by atoms with van der Waals surface area (Å²) in [7, 11) is 1.35. The second kappa shape index (κ2) is 14.8. The first-order valence-electron chi connectivity index (χ1n) is 14.4. The predicted octanol–water partition coefficient (Wildman–Crippen LogP) is 6.49. The van der Waals surface area contributed by atoms with Gasteiger partial charge in [-0.25, -0.2) is 4.79 Å². The number of methoxy groups -OCH3 is 1. The molecule has 0 radical (unpaired) electrons. The summed E-state index contributed by atoms with van der Waals surface area (Å²) in [6.07, 6.45) is 0.338. The molecule has 1 atom stereocenters. The highest BCUT2D eigenvalue weighted by molar-refractivity contribution is 6.12. The summed E-state index contributed by atoms with van der Waals surface area (Å²) >= 11 is 0. The number of esters is 1. The first kappa shape index (κ1) is 31.0. The van der Waals surface area contributed by atoms with Crippen molar-refractivity contribution in [2.45, 2.75) is 33.2 Å². The first-order valence-corrected chi connectivity index (χ1v) is 14.4. The van der Waals surface area contributed by atoms with E-state index in [2.05, 4.69) is 5.32 Å². The molecule has 0 bridgehead atoms. The van der Waals surface area contributed by atoms with Crippen molar-refractivity contribution in [2.24, 2.45) is 5.92 Å². The zero-order valence-corrected chi connectivity index (χ0v) is 25.1. The van der Waals surface area contributed by atoms with Gasteiger partial charge in [0.05, 0.1) is 13.7 Å². The lowest BCUT2D eigenvalue weighted by Crippen LogP contribution is -2.37. The average Bonchev–Trinajstić information content (AvgIpc) is 3.03. The van der Waals surface area contributed by atoms with Crippen molar-refractivity contribution >= 4 is 29.0 Å². The molecule has 0 aliphatic rings. The molecular weight excluding hydrogens is 540 g/mol. The Kier molecular flexibility index (Phi) is 10.7. The Morgan fingerprint density at radius 3 is 2.14 bits per heavy atom. The molecule has 0 saturated heterocycles. The van der Waals surface area contributed by atoms with Crippen LogP contribution >= 0.6 is 0 Å². The van der Waals surface area contributed by atoms with Gasteiger partial charge in [-0.05, 0) is 48.4 Å². The van der Waals surface area contributed by atoms with Gasteiger partial charge < -0.3 is 19.7 Å². The highest BCUT2D eigenvalue weighted by Crippen LogP contribution is 2.24. The Morgan fingerprint density at radius 2 is 1.47 bits per heavy atom. The molecule has 222 valence electrons. The number of para-hydroxylation sites is 2. The number of rotatable bonds is 13. The number of carbonyl (C=O) groups is 3. The fraction of sp³-hybridized carbons (Fsp3) is 0.250. The molecule has 0 aromatic heterocycles. The van der Waals surface area contributed by atoms with Crippen LogP contribution in [-0.2, 0) is 20.7 Å². The van der Waals surface area contributed by atoms with E-state index in [9.17, 15) is 14.4 Å². The van der Waals surface area contributed by atoms with Crippen LogP contribution in [0.3, 0.4) is 0 Å². The number of ether oxygens (including phenoxy) is 2. The molecule has 43 heavy (non-hydrogen) atoms. The molecule has 7 heteroatoms. The normalized spacial score (nSPS) is 11.5. The third-order valence-electron chi connectivity index (χ3n) is 7.14. The Balaban J connectivity index is 1.42. The van der Waals surface area contributed by atoms with Crippen LogP contribution in [0.4, 0.5) is 11.4 Å². The highest BCUT2D eigenvalue weighted by Gasteiger charge is 2.23. The SMILES string of the molecule is COC(=O)[C@H](Cc1ccc(OCCN(C(=O)C(C)C)c2ccccc2C)cc1)Nc1ccccc1C(=O)c1ccccc1. The number of anilines is 2. The maximum absolute atomic E-state index is 13.2. The number of amides is 1. The van der Waals surface area contributed by atoms with Gasteiger partial charge in [0.25, 0.3) is 0 Å². The lowest BCUT2D eigenvalue weighted by molar-refractivity contribution is -0.141. The van der Waals surface area contributed by atoms with E-state index in [-0.39, 0.29) is 17.6 Å². The number of hydrogen-bond donors (Lipinski definition) is 1. The van der Waals surface area contributed by atoms with Crippen molar-refractivity contribution in [3.05, 3.63) is 125 Å². The Hall–Kier alpha value is -4.91. The Bertz CT molecular complexity index is 1530. The van der Waals surface area contributed by atoms with Crippen molar-refractivity contribution in [3.8, 4) is 5.75 Å². The zero-order chi connectivity index (χ0) is 30.8. The number of carbonyl (C=O) groups excluding carboxylic acids is 3. The summed E-state index contributed by atoms with van der Waals surface area (Å²) in [5.74, 6) is -0.00881. The molecule has 0 unspecified atom stereocenters. The predicted molar refractivity (Wildman–Crippen MR) is 170 cm³/mol. The Morgan fingerprint density at radius 1 is 0.814 bits per heavy atom. The molecule has 7 nitrogen and oxygen atoms in total. The van der Waals surface area contributed by atoms with E-state index in [0.717, 1.165) is 16.8 Å². The van der Waals surface area contributed by atoms with E-state index in [1.165, 1.54) is 7.11 Å². The minimum absolute atomic E-state index is 0.0432. The molecule has 0 heterocycles. The van der Waals surface area contributed by atoms with Crippen molar-refractivity contribution < 1.29 is 23.9 Å². The fourth-order valence-electron chi connectivity index (χ4n) is 4.81. The summed E-state index contributed by atoms with van der Waals surface area (Å²) in [5, 5.41) is 3.23. The van der Waals surface area contributed by atoms with E-state index in [1.807, 2.05) is 93.6 Å². The summed E-state index contributed by atoms with van der Waals surface area (Å²) in [5.41, 5.74) is 4.40. The Labute approximate surface area is 253 Å². The molecule has 4 rings (SSSR count). The van der Waals surface area contributed by atoms with Crippen LogP contribution in [0.1, 0.15) is 40.9 Å². The number of aryl methyl sites for hydroxylation is 1. The van der Waals surface area contributed by atoms with Gasteiger partial charge in [-0.15, -0.1) is 0 Å². The van der Waals surface area contributed by atoms with Crippen LogP contribution in [0.15, 0.2) is 103 Å². The van der Waals surface area contributed by atoms with Crippen molar-refractivity contribution in [2.75, 3.05) is 30.5 Å². The quantitative estimate of drug-likeness (QED) is 0.144. The molecule has 0 aliphatic heterocycles. The van der Waals surface area contributed by atoms with Crippen molar-refractivity contribution in [1.29, 1.82) is 0 Å². The third-order valence-corrected chi connectivity index (χ3v) is 7.14. The summed E-state index contributed by atoms with van der Waals surface area (Å²) in [6, 6.07) is 30.8. The van der Waals surface area contributed by atoms with Crippen molar-refractivity contribution in [3.63, 3.8) is 0 Å². The van der Waals surface area contributed by atoms with Crippen LogP contribution in [0, 0.1) is 12.8 Å². The number of benzene rings is 4. The standard InChI is InChI=1S/C36H38N2O5/c1-25(2)35(40)38(33-17-11-8-12-26(33)3)22-23-43-29-20-18-27(19-21-29)24-32(36(41)42-4)37-31-16-10-9-15-30(31)34(39)28-13-6-5-7-14-28/h5-21,25,32,37H,22-24H2,1-4H3/t32-/m0/s1. The summed E-state index contributed by atoms with van der Waals surface area (Å²) in [4.78, 5) is 40.7. The van der Waals surface area contributed by atoms with Gasteiger partial charge in [0.15, 0.2) is 5.78 Å². The van der Waals surface area contributed by atoms with Crippen LogP contribution in [0.2, 0.25) is 0 Å². The van der Waals surface area contributed by atoms with E-state index in [1.54, 1.807) is 35.2 Å². The fourth-order valence-corrected chi connectivity index (χ4v) is 4.81. The van der Waals surface area contributed by atoms with Crippen LogP contribution in [-0.4, -0.2) is 44.0 Å². The van der Waals surface area contributed by atoms with Crippen LogP contribution < -0.4 is 15.0 Å². The van der Waals surface area contributed by atoms with Gasteiger partial charge >= 0.3 is 5.97 Å². The molecular formula is C36H38N2O5. The first-order chi connectivity index (χ1) is 20.8. The molecule has 0 spiro atoms. The van der Waals surface area contributed by atoms with Crippen molar-refractivity contribution in [1.82, 2.24) is 0 Å². The number of hydrogen-bond acceptors (Lipinski definition) is 6. The molecule has 0 saturated carbocycles. The molecule has 1 amide bonds. The van der Waals surface area contributed by atoms with E-state index in [4.69, 9.17) is 9.47 Å². The topological polar surface area (TPSA) is 84.9 Å². The molecule has 0 aliphatic carbocycles. The molecule has 1 N–H and O–H groups in total. The number of nitrogens with one attached hydrogen (secondary N) is 1. The van der Waals surface area contributed by atoms with E-state index in [0.29, 0.717) is 42.1 Å². The third kappa shape index (κ3) is 8.10. The van der Waals surface area contributed by atoms with Crippen LogP contribution in [0.5, 0.6) is 5.75 Å². The van der Waals surface area contributed by atoms with Gasteiger partial charge in [-0.3, -0.25) is 9.59 Å². The monoisotopic (exact) mass is 578 g/mol. The minimum Gasteiger partial charge on any atom is -0.492 e. The smallest absolute Gasteiger partial charge is 0.328 e. The average molecular weight is 579 g/mol.